The van der Waals surface area contributed by atoms with Crippen LogP contribution in [0.15, 0.2) is 77.9 Å². The van der Waals surface area contributed by atoms with Gasteiger partial charge in [-0.15, -0.1) is 0 Å². The van der Waals surface area contributed by atoms with Crippen molar-refractivity contribution in [2.75, 3.05) is 19.0 Å². The number of carbonyl (C=O) groups is 2. The summed E-state index contributed by atoms with van der Waals surface area (Å²) in [7, 11) is 1.58. The zero-order valence-corrected chi connectivity index (χ0v) is 17.3. The van der Waals surface area contributed by atoms with E-state index in [1.54, 1.807) is 61.7 Å². The molecule has 7 nitrogen and oxygen atoms in total. The second-order valence-electron chi connectivity index (χ2n) is 6.70. The third kappa shape index (κ3) is 6.71. The molecule has 3 aromatic rings. The second-order valence-corrected chi connectivity index (χ2v) is 6.70. The van der Waals surface area contributed by atoms with E-state index in [9.17, 15) is 9.59 Å². The summed E-state index contributed by atoms with van der Waals surface area (Å²) in [6, 6.07) is 21.3. The van der Waals surface area contributed by atoms with Gasteiger partial charge in [0.05, 0.1) is 13.3 Å². The van der Waals surface area contributed by atoms with Crippen LogP contribution in [0.5, 0.6) is 11.5 Å². The highest BCUT2D eigenvalue weighted by Crippen LogP contribution is 2.15. The van der Waals surface area contributed by atoms with Gasteiger partial charge in [0.15, 0.2) is 6.61 Å². The lowest BCUT2D eigenvalue weighted by Gasteiger charge is -2.08. The number of hydrogen-bond acceptors (Lipinski definition) is 5. The first-order chi connectivity index (χ1) is 15.0. The summed E-state index contributed by atoms with van der Waals surface area (Å²) in [5.74, 6) is 0.648. The predicted molar refractivity (Wildman–Crippen MR) is 120 cm³/mol. The number of anilines is 1. The van der Waals surface area contributed by atoms with E-state index < -0.39 is 0 Å². The maximum Gasteiger partial charge on any atom is 0.271 e. The summed E-state index contributed by atoms with van der Waals surface area (Å²) < 4.78 is 10.6. The van der Waals surface area contributed by atoms with Crippen molar-refractivity contribution in [1.29, 1.82) is 0 Å². The van der Waals surface area contributed by atoms with Gasteiger partial charge in [-0.2, -0.15) is 5.10 Å². The Morgan fingerprint density at radius 2 is 1.71 bits per heavy atom. The van der Waals surface area contributed by atoms with Crippen LogP contribution in [0, 0.1) is 6.92 Å². The average Bonchev–Trinajstić information content (AvgIpc) is 2.79. The van der Waals surface area contributed by atoms with E-state index in [0.29, 0.717) is 22.7 Å². The highest BCUT2D eigenvalue weighted by molar-refractivity contribution is 5.95. The number of nitrogens with zero attached hydrogens (tertiary/aromatic N) is 1. The predicted octanol–water partition coefficient (Wildman–Crippen LogP) is 3.79. The van der Waals surface area contributed by atoms with Crippen molar-refractivity contribution in [3.8, 4) is 11.5 Å². The minimum atomic E-state index is -0.293. The molecule has 0 spiro atoms. The number of nitrogens with one attached hydrogen (secondary N) is 2. The third-order valence-electron chi connectivity index (χ3n) is 4.30. The van der Waals surface area contributed by atoms with Crippen molar-refractivity contribution in [1.82, 2.24) is 5.43 Å². The molecule has 2 amide bonds. The maximum absolute atomic E-state index is 12.1. The molecule has 158 valence electrons. The monoisotopic (exact) mass is 417 g/mol. The summed E-state index contributed by atoms with van der Waals surface area (Å²) >= 11 is 0. The lowest BCUT2D eigenvalue weighted by atomic mass is 10.1. The molecule has 0 heterocycles. The van der Waals surface area contributed by atoms with E-state index in [1.807, 2.05) is 25.1 Å². The van der Waals surface area contributed by atoms with Crippen molar-refractivity contribution < 1.29 is 19.1 Å². The highest BCUT2D eigenvalue weighted by Gasteiger charge is 2.05. The maximum atomic E-state index is 12.1. The van der Waals surface area contributed by atoms with E-state index >= 15 is 0 Å². The van der Waals surface area contributed by atoms with Crippen LogP contribution < -0.4 is 20.2 Å². The number of methoxy groups -OCH3 is 1. The van der Waals surface area contributed by atoms with Crippen molar-refractivity contribution in [3.63, 3.8) is 0 Å². The Bertz CT molecular complexity index is 1060. The highest BCUT2D eigenvalue weighted by atomic mass is 16.5. The first-order valence-electron chi connectivity index (χ1n) is 9.60. The molecule has 0 fully saturated rings. The Kier molecular flexibility index (Phi) is 7.37. The summed E-state index contributed by atoms with van der Waals surface area (Å²) in [5, 5.41) is 6.73. The summed E-state index contributed by atoms with van der Waals surface area (Å²) in [6.07, 6.45) is 1.51. The number of hydrazone groups is 1. The number of rotatable bonds is 8. The van der Waals surface area contributed by atoms with Crippen LogP contribution in [0.25, 0.3) is 0 Å². The molecule has 3 rings (SSSR count). The van der Waals surface area contributed by atoms with Crippen LogP contribution in [0.1, 0.15) is 21.5 Å². The molecule has 7 heteroatoms. The van der Waals surface area contributed by atoms with Crippen LogP contribution in [0.4, 0.5) is 5.69 Å². The van der Waals surface area contributed by atoms with Crippen molar-refractivity contribution in [2.24, 2.45) is 5.10 Å². The van der Waals surface area contributed by atoms with E-state index in [-0.39, 0.29) is 18.4 Å². The quantitative estimate of drug-likeness (QED) is 0.431. The van der Waals surface area contributed by atoms with Gasteiger partial charge >= 0.3 is 0 Å². The molecule has 0 bridgehead atoms. The Hall–Kier alpha value is -4.13. The third-order valence-corrected chi connectivity index (χ3v) is 4.30. The number of carbonyl (C=O) groups excluding carboxylic acids is 2. The lowest BCUT2D eigenvalue weighted by Crippen LogP contribution is -2.20. The molecule has 0 unspecified atom stereocenters. The van der Waals surface area contributed by atoms with Gasteiger partial charge in [-0.3, -0.25) is 9.59 Å². The standard InChI is InChI=1S/C24H23N3O4/c1-17-6-8-19(9-7-17)24(29)27-25-15-18-4-3-5-22(14-18)31-16-23(28)26-20-10-12-21(30-2)13-11-20/h3-15H,16H2,1-2H3,(H,26,28)(H,27,29)/b25-15+. The molecule has 31 heavy (non-hydrogen) atoms. The van der Waals surface area contributed by atoms with Crippen LogP contribution >= 0.6 is 0 Å². The average molecular weight is 417 g/mol. The van der Waals surface area contributed by atoms with Gasteiger partial charge in [0, 0.05) is 11.3 Å². The lowest BCUT2D eigenvalue weighted by molar-refractivity contribution is -0.118. The fourth-order valence-corrected chi connectivity index (χ4v) is 2.64. The fourth-order valence-electron chi connectivity index (χ4n) is 2.64. The molecule has 2 N–H and O–H groups in total. The van der Waals surface area contributed by atoms with Crippen LogP contribution in [0.2, 0.25) is 0 Å². The zero-order chi connectivity index (χ0) is 22.1. The first-order valence-corrected chi connectivity index (χ1v) is 9.60. The second kappa shape index (κ2) is 10.6. The molecule has 0 aliphatic rings. The van der Waals surface area contributed by atoms with E-state index in [4.69, 9.17) is 9.47 Å². The molecule has 0 aliphatic heterocycles. The van der Waals surface area contributed by atoms with Crippen LogP contribution in [0.3, 0.4) is 0 Å². The summed E-state index contributed by atoms with van der Waals surface area (Å²) in [4.78, 5) is 24.2. The van der Waals surface area contributed by atoms with Crippen LogP contribution in [-0.4, -0.2) is 31.7 Å². The van der Waals surface area contributed by atoms with Crippen molar-refractivity contribution >= 4 is 23.7 Å². The number of aryl methyl sites for hydroxylation is 1. The molecular weight excluding hydrogens is 394 g/mol. The van der Waals surface area contributed by atoms with Gasteiger partial charge in [-0.25, -0.2) is 5.43 Å². The van der Waals surface area contributed by atoms with Gasteiger partial charge in [0.25, 0.3) is 11.8 Å². The van der Waals surface area contributed by atoms with Gasteiger partial charge in [0.1, 0.15) is 11.5 Å². The van der Waals surface area contributed by atoms with Gasteiger partial charge in [-0.05, 0) is 61.0 Å². The van der Waals surface area contributed by atoms with Gasteiger partial charge in [-0.1, -0.05) is 29.8 Å². The number of benzene rings is 3. The number of hydrogen-bond donors (Lipinski definition) is 2. The Morgan fingerprint density at radius 3 is 2.42 bits per heavy atom. The van der Waals surface area contributed by atoms with Crippen molar-refractivity contribution in [2.45, 2.75) is 6.92 Å². The number of ether oxygens (including phenoxy) is 2. The molecule has 3 aromatic carbocycles. The topological polar surface area (TPSA) is 89.0 Å². The van der Waals surface area contributed by atoms with Crippen molar-refractivity contribution in [3.05, 3.63) is 89.5 Å². The Morgan fingerprint density at radius 1 is 0.968 bits per heavy atom. The SMILES string of the molecule is COc1ccc(NC(=O)COc2cccc(/C=N/NC(=O)c3ccc(C)cc3)c2)cc1. The number of amides is 2. The smallest absolute Gasteiger partial charge is 0.271 e. The molecule has 0 saturated heterocycles. The molecular formula is C24H23N3O4. The summed E-state index contributed by atoms with van der Waals surface area (Å²) in [6.45, 7) is 1.81. The Balaban J connectivity index is 1.49. The zero-order valence-electron chi connectivity index (χ0n) is 17.3. The first kappa shape index (κ1) is 21.6. The molecule has 0 atom stereocenters. The van der Waals surface area contributed by atoms with E-state index in [2.05, 4.69) is 15.8 Å². The fraction of sp³-hybridized carbons (Fsp3) is 0.125. The largest absolute Gasteiger partial charge is 0.497 e. The molecule has 0 aromatic heterocycles. The van der Waals surface area contributed by atoms with Crippen LogP contribution in [-0.2, 0) is 4.79 Å². The minimum Gasteiger partial charge on any atom is -0.497 e. The summed E-state index contributed by atoms with van der Waals surface area (Å²) in [5.41, 5.74) is 5.47. The van der Waals surface area contributed by atoms with Gasteiger partial charge < -0.3 is 14.8 Å². The van der Waals surface area contributed by atoms with E-state index in [1.165, 1.54) is 6.21 Å². The minimum absolute atomic E-state index is 0.142. The van der Waals surface area contributed by atoms with E-state index in [0.717, 1.165) is 11.1 Å². The Labute approximate surface area is 180 Å². The molecule has 0 radical (unpaired) electrons. The molecule has 0 aliphatic carbocycles. The molecule has 0 saturated carbocycles. The normalized spacial score (nSPS) is 10.5. The van der Waals surface area contributed by atoms with Gasteiger partial charge in [0.2, 0.25) is 0 Å².